The number of rotatable bonds is 4. The molecule has 2 aliphatic heterocycles. The van der Waals surface area contributed by atoms with Crippen molar-refractivity contribution in [3.63, 3.8) is 0 Å². The van der Waals surface area contributed by atoms with E-state index in [4.69, 9.17) is 5.73 Å². The van der Waals surface area contributed by atoms with Crippen LogP contribution in [0.1, 0.15) is 18.5 Å². The van der Waals surface area contributed by atoms with Crippen molar-refractivity contribution in [2.24, 2.45) is 5.73 Å². The Morgan fingerprint density at radius 3 is 2.85 bits per heavy atom. The molecule has 2 aliphatic rings. The third-order valence-electron chi connectivity index (χ3n) is 4.79. The number of thiophene rings is 1. The lowest BCUT2D eigenvalue weighted by molar-refractivity contribution is -0.150. The number of carboxylic acid groups (broad SMARTS) is 1. The van der Waals surface area contributed by atoms with Crippen molar-refractivity contribution >= 4 is 51.0 Å². The first-order chi connectivity index (χ1) is 12.9. The fraction of sp³-hybridized carbons (Fsp3) is 0.278. The Kier molecular flexibility index (Phi) is 4.45. The minimum atomic E-state index is -1.13. The van der Waals surface area contributed by atoms with Gasteiger partial charge in [-0.15, -0.1) is 23.1 Å². The Labute approximate surface area is 163 Å². The van der Waals surface area contributed by atoms with Crippen LogP contribution >= 0.6 is 23.1 Å². The van der Waals surface area contributed by atoms with Gasteiger partial charge < -0.3 is 16.2 Å². The standard InChI is InChI=1S/C18H17N3O4S2/c1-8-6-27-17-13(16(23)21(17)14(8)18(24)25)20-15(22)12(19)10-7-26-11-5-3-2-4-9(10)11/h2-5,7,12-13,17H,6,19H2,1H3,(H,20,22)(H,24,25)/t12?,13?,17-/m1/s1. The number of carbonyl (C=O) groups is 3. The molecule has 4 rings (SSSR count). The molecule has 27 heavy (non-hydrogen) atoms. The van der Waals surface area contributed by atoms with Crippen LogP contribution < -0.4 is 11.1 Å². The molecule has 1 saturated heterocycles. The first-order valence-electron chi connectivity index (χ1n) is 8.30. The first-order valence-corrected chi connectivity index (χ1v) is 10.2. The van der Waals surface area contributed by atoms with Crippen molar-refractivity contribution < 1.29 is 19.5 Å². The van der Waals surface area contributed by atoms with Gasteiger partial charge in [-0.3, -0.25) is 14.5 Å². The molecule has 140 valence electrons. The lowest BCUT2D eigenvalue weighted by atomic mass is 10.0. The van der Waals surface area contributed by atoms with Crippen molar-refractivity contribution in [3.05, 3.63) is 46.5 Å². The molecule has 0 saturated carbocycles. The summed E-state index contributed by atoms with van der Waals surface area (Å²) in [6, 6.07) is 6.02. The molecule has 0 spiro atoms. The maximum atomic E-state index is 12.6. The number of fused-ring (bicyclic) bond motifs is 2. The highest BCUT2D eigenvalue weighted by Crippen LogP contribution is 2.40. The molecule has 4 N–H and O–H groups in total. The summed E-state index contributed by atoms with van der Waals surface area (Å²) >= 11 is 2.95. The summed E-state index contributed by atoms with van der Waals surface area (Å²) in [4.78, 5) is 37.8. The van der Waals surface area contributed by atoms with Crippen LogP contribution in [0.3, 0.4) is 0 Å². The highest BCUT2D eigenvalue weighted by molar-refractivity contribution is 8.00. The Balaban J connectivity index is 1.51. The summed E-state index contributed by atoms with van der Waals surface area (Å²) < 4.78 is 1.04. The van der Waals surface area contributed by atoms with Crippen LogP contribution in [0.2, 0.25) is 0 Å². The van der Waals surface area contributed by atoms with Crippen LogP contribution in [0.25, 0.3) is 10.1 Å². The van der Waals surface area contributed by atoms with Crippen LogP contribution in [-0.4, -0.2) is 45.0 Å². The molecule has 7 nitrogen and oxygen atoms in total. The highest BCUT2D eigenvalue weighted by atomic mass is 32.2. The number of hydrogen-bond acceptors (Lipinski definition) is 6. The third-order valence-corrected chi connectivity index (χ3v) is 7.19. The summed E-state index contributed by atoms with van der Waals surface area (Å²) in [7, 11) is 0. The molecule has 2 unspecified atom stereocenters. The molecule has 1 fully saturated rings. The number of amides is 2. The number of aliphatic carboxylic acids is 1. The SMILES string of the molecule is CC1=C(C(=O)O)N2C(=O)C(NC(=O)C(N)c3csc4ccccc34)[C@H]2SC1. The van der Waals surface area contributed by atoms with Crippen LogP contribution in [0.4, 0.5) is 0 Å². The van der Waals surface area contributed by atoms with Crippen molar-refractivity contribution in [1.82, 2.24) is 10.2 Å². The lowest BCUT2D eigenvalue weighted by Gasteiger charge is -2.49. The zero-order valence-electron chi connectivity index (χ0n) is 14.3. The molecule has 1 aromatic heterocycles. The van der Waals surface area contributed by atoms with Crippen molar-refractivity contribution in [1.29, 1.82) is 0 Å². The number of hydrogen-bond donors (Lipinski definition) is 3. The molecule has 3 atom stereocenters. The minimum Gasteiger partial charge on any atom is -0.477 e. The van der Waals surface area contributed by atoms with E-state index in [1.807, 2.05) is 29.6 Å². The lowest BCUT2D eigenvalue weighted by Crippen LogP contribution is -2.71. The zero-order valence-corrected chi connectivity index (χ0v) is 16.0. The van der Waals surface area contributed by atoms with Gasteiger partial charge in [0.25, 0.3) is 5.91 Å². The maximum absolute atomic E-state index is 12.6. The molecule has 2 amide bonds. The van der Waals surface area contributed by atoms with Crippen molar-refractivity contribution in [2.45, 2.75) is 24.4 Å². The predicted octanol–water partition coefficient (Wildman–Crippen LogP) is 1.66. The fourth-order valence-electron chi connectivity index (χ4n) is 3.40. The van der Waals surface area contributed by atoms with E-state index in [1.165, 1.54) is 28.0 Å². The smallest absolute Gasteiger partial charge is 0.352 e. The van der Waals surface area contributed by atoms with Crippen molar-refractivity contribution in [2.75, 3.05) is 5.75 Å². The third kappa shape index (κ3) is 2.82. The van der Waals surface area contributed by atoms with Crippen LogP contribution in [-0.2, 0) is 14.4 Å². The van der Waals surface area contributed by atoms with E-state index < -0.39 is 35.2 Å². The molecule has 1 aromatic carbocycles. The quantitative estimate of drug-likeness (QED) is 0.669. The number of thioether (sulfide) groups is 1. The van der Waals surface area contributed by atoms with E-state index in [0.29, 0.717) is 11.3 Å². The van der Waals surface area contributed by atoms with Gasteiger partial charge in [-0.25, -0.2) is 4.79 Å². The number of carboxylic acids is 1. The minimum absolute atomic E-state index is 0.0161. The molecule has 0 radical (unpaired) electrons. The summed E-state index contributed by atoms with van der Waals surface area (Å²) in [6.45, 7) is 1.70. The second-order valence-electron chi connectivity index (χ2n) is 6.50. The maximum Gasteiger partial charge on any atom is 0.352 e. The molecule has 0 aliphatic carbocycles. The molecule has 3 heterocycles. The zero-order chi connectivity index (χ0) is 19.3. The summed E-state index contributed by atoms with van der Waals surface area (Å²) in [5.41, 5.74) is 7.52. The van der Waals surface area contributed by atoms with Gasteiger partial charge in [0.15, 0.2) is 0 Å². The monoisotopic (exact) mass is 403 g/mol. The molecule has 0 bridgehead atoms. The second kappa shape index (κ2) is 6.66. The van der Waals surface area contributed by atoms with Gasteiger partial charge >= 0.3 is 5.97 Å². The van der Waals surface area contributed by atoms with Gasteiger partial charge in [0.2, 0.25) is 5.91 Å². The van der Waals surface area contributed by atoms with Crippen LogP contribution in [0.5, 0.6) is 0 Å². The van der Waals surface area contributed by atoms with E-state index in [0.717, 1.165) is 15.6 Å². The van der Waals surface area contributed by atoms with E-state index in [1.54, 1.807) is 6.92 Å². The fourth-order valence-corrected chi connectivity index (χ4v) is 5.69. The van der Waals surface area contributed by atoms with Gasteiger partial charge in [-0.1, -0.05) is 18.2 Å². The largest absolute Gasteiger partial charge is 0.477 e. The highest BCUT2D eigenvalue weighted by Gasteiger charge is 2.53. The molecular formula is C18H17N3O4S2. The number of benzene rings is 1. The number of β-lactam (4-membered cyclic amide) rings is 1. The average Bonchev–Trinajstić information content (AvgIpc) is 3.08. The Morgan fingerprint density at radius 1 is 1.37 bits per heavy atom. The van der Waals surface area contributed by atoms with Crippen LogP contribution in [0.15, 0.2) is 40.9 Å². The van der Waals surface area contributed by atoms with E-state index >= 15 is 0 Å². The van der Waals surface area contributed by atoms with Gasteiger partial charge in [-0.2, -0.15) is 0 Å². The normalized spacial score (nSPS) is 23.0. The first kappa shape index (κ1) is 18.0. The molecule has 2 aromatic rings. The van der Waals surface area contributed by atoms with E-state index in [9.17, 15) is 19.5 Å². The average molecular weight is 403 g/mol. The van der Waals surface area contributed by atoms with Crippen LogP contribution in [0, 0.1) is 0 Å². The van der Waals surface area contributed by atoms with Gasteiger partial charge in [0.1, 0.15) is 23.2 Å². The molecule has 9 heteroatoms. The number of nitrogens with zero attached hydrogens (tertiary/aromatic N) is 1. The predicted molar refractivity (Wildman–Crippen MR) is 104 cm³/mol. The number of carbonyl (C=O) groups excluding carboxylic acids is 2. The van der Waals surface area contributed by atoms with Gasteiger partial charge in [-0.05, 0) is 34.9 Å². The summed E-state index contributed by atoms with van der Waals surface area (Å²) in [5, 5.41) is 14.4. The van der Waals surface area contributed by atoms with Gasteiger partial charge in [0, 0.05) is 10.5 Å². The van der Waals surface area contributed by atoms with E-state index in [2.05, 4.69) is 5.32 Å². The number of nitrogens with one attached hydrogen (secondary N) is 1. The van der Waals surface area contributed by atoms with E-state index in [-0.39, 0.29) is 5.70 Å². The molecular weight excluding hydrogens is 386 g/mol. The van der Waals surface area contributed by atoms with Crippen molar-refractivity contribution in [3.8, 4) is 0 Å². The summed E-state index contributed by atoms with van der Waals surface area (Å²) in [6.07, 6.45) is 0. The van der Waals surface area contributed by atoms with Gasteiger partial charge in [0.05, 0.1) is 0 Å². The Morgan fingerprint density at radius 2 is 2.11 bits per heavy atom. The second-order valence-corrected chi connectivity index (χ2v) is 8.51. The Bertz CT molecular complexity index is 999. The summed E-state index contributed by atoms with van der Waals surface area (Å²) in [5.74, 6) is -1.48. The number of nitrogens with two attached hydrogens (primary N) is 1. The topological polar surface area (TPSA) is 113 Å². The Hall–Kier alpha value is -2.36.